The van der Waals surface area contributed by atoms with E-state index in [1.165, 1.54) is 18.2 Å². The molecule has 1 N–H and O–H groups in total. The summed E-state index contributed by atoms with van der Waals surface area (Å²) >= 11 is 1.95. The fourth-order valence-electron chi connectivity index (χ4n) is 1.67. The predicted molar refractivity (Wildman–Crippen MR) is 78.4 cm³/mol. The van der Waals surface area contributed by atoms with Gasteiger partial charge in [0.05, 0.1) is 11.3 Å². The molecule has 6 heteroatoms. The van der Waals surface area contributed by atoms with Gasteiger partial charge in [0.2, 0.25) is 0 Å². The van der Waals surface area contributed by atoms with Crippen molar-refractivity contribution in [3.63, 3.8) is 0 Å². The van der Waals surface area contributed by atoms with Crippen molar-refractivity contribution in [2.45, 2.75) is 6.42 Å². The lowest BCUT2D eigenvalue weighted by atomic mass is 10.2. The molecule has 100 valence electrons. The molecule has 0 saturated carbocycles. The van der Waals surface area contributed by atoms with E-state index in [-0.39, 0.29) is 11.7 Å². The minimum atomic E-state index is -0.338. The predicted octanol–water partition coefficient (Wildman–Crippen LogP) is 2.14. The largest absolute Gasteiger partial charge is 0.352 e. The summed E-state index contributed by atoms with van der Waals surface area (Å²) in [4.78, 5) is 11.9. The smallest absolute Gasteiger partial charge is 0.252 e. The van der Waals surface area contributed by atoms with Crippen molar-refractivity contribution in [3.05, 3.63) is 51.1 Å². The molecule has 0 aliphatic rings. The van der Waals surface area contributed by atoms with Crippen LogP contribution in [0.2, 0.25) is 0 Å². The third kappa shape index (κ3) is 3.76. The molecule has 1 heterocycles. The Balaban J connectivity index is 1.90. The molecule has 0 spiro atoms. The highest BCUT2D eigenvalue weighted by molar-refractivity contribution is 14.1. The van der Waals surface area contributed by atoms with Gasteiger partial charge in [-0.05, 0) is 46.9 Å². The first-order valence-corrected chi connectivity index (χ1v) is 6.86. The molecule has 0 unspecified atom stereocenters. The van der Waals surface area contributed by atoms with Crippen LogP contribution < -0.4 is 5.32 Å². The van der Waals surface area contributed by atoms with Crippen molar-refractivity contribution in [2.24, 2.45) is 7.05 Å². The van der Waals surface area contributed by atoms with Crippen LogP contribution in [-0.4, -0.2) is 22.2 Å². The van der Waals surface area contributed by atoms with Gasteiger partial charge in [0, 0.05) is 29.8 Å². The number of benzene rings is 1. The molecule has 0 aliphatic carbocycles. The first-order chi connectivity index (χ1) is 9.06. The van der Waals surface area contributed by atoms with Gasteiger partial charge in [-0.1, -0.05) is 0 Å². The van der Waals surface area contributed by atoms with Crippen molar-refractivity contribution in [1.82, 2.24) is 15.1 Å². The Kier molecular flexibility index (Phi) is 4.52. The first kappa shape index (κ1) is 14.0. The van der Waals surface area contributed by atoms with Crippen molar-refractivity contribution >= 4 is 28.5 Å². The van der Waals surface area contributed by atoms with E-state index in [1.54, 1.807) is 4.68 Å². The van der Waals surface area contributed by atoms with Gasteiger partial charge in [-0.15, -0.1) is 0 Å². The summed E-state index contributed by atoms with van der Waals surface area (Å²) in [7, 11) is 1.85. The van der Waals surface area contributed by atoms with E-state index in [9.17, 15) is 9.18 Å². The van der Waals surface area contributed by atoms with Crippen molar-refractivity contribution in [3.8, 4) is 0 Å². The van der Waals surface area contributed by atoms with E-state index in [0.717, 1.165) is 5.69 Å². The lowest BCUT2D eigenvalue weighted by Crippen LogP contribution is -2.26. The minimum Gasteiger partial charge on any atom is -0.352 e. The second-order valence-electron chi connectivity index (χ2n) is 4.11. The van der Waals surface area contributed by atoms with Gasteiger partial charge in [-0.25, -0.2) is 4.39 Å². The molecule has 0 atom stereocenters. The molecule has 0 radical (unpaired) electrons. The Bertz CT molecular complexity index is 597. The number of carbonyl (C=O) groups excluding carboxylic acids is 1. The Labute approximate surface area is 124 Å². The van der Waals surface area contributed by atoms with Crippen LogP contribution in [0.1, 0.15) is 16.1 Å². The van der Waals surface area contributed by atoms with Crippen LogP contribution in [0.4, 0.5) is 4.39 Å². The van der Waals surface area contributed by atoms with Gasteiger partial charge >= 0.3 is 0 Å². The third-order valence-electron chi connectivity index (χ3n) is 2.61. The number of hydrogen-bond donors (Lipinski definition) is 1. The summed E-state index contributed by atoms with van der Waals surface area (Å²) in [6, 6.07) is 6.03. The summed E-state index contributed by atoms with van der Waals surface area (Å²) in [5, 5.41) is 7.03. The molecular weight excluding hydrogens is 360 g/mol. The number of nitrogens with zero attached hydrogens (tertiary/aromatic N) is 2. The van der Waals surface area contributed by atoms with Gasteiger partial charge in [-0.2, -0.15) is 5.10 Å². The topological polar surface area (TPSA) is 46.9 Å². The Morgan fingerprint density at radius 1 is 1.47 bits per heavy atom. The summed E-state index contributed by atoms with van der Waals surface area (Å²) in [5.74, 6) is -0.533. The van der Waals surface area contributed by atoms with Crippen LogP contribution in [-0.2, 0) is 13.5 Å². The number of hydrogen-bond acceptors (Lipinski definition) is 2. The maximum atomic E-state index is 12.9. The Morgan fingerprint density at radius 3 is 2.89 bits per heavy atom. The molecule has 0 bridgehead atoms. The van der Waals surface area contributed by atoms with Gasteiger partial charge in [-0.3, -0.25) is 9.48 Å². The van der Waals surface area contributed by atoms with Gasteiger partial charge in [0.1, 0.15) is 5.82 Å². The lowest BCUT2D eigenvalue weighted by molar-refractivity contribution is 0.0953. The molecule has 0 aliphatic heterocycles. The maximum Gasteiger partial charge on any atom is 0.252 e. The number of rotatable bonds is 4. The van der Waals surface area contributed by atoms with Crippen molar-refractivity contribution in [1.29, 1.82) is 0 Å². The number of halogens is 2. The van der Waals surface area contributed by atoms with E-state index in [0.29, 0.717) is 22.1 Å². The van der Waals surface area contributed by atoms with Crippen LogP contribution in [0.3, 0.4) is 0 Å². The minimum absolute atomic E-state index is 0.194. The standard InChI is InChI=1S/C13H13FIN3O/c1-18-7-5-10(17-18)4-6-16-13(19)11-3-2-9(14)8-12(11)15/h2-3,5,7-8H,4,6H2,1H3,(H,16,19). The molecule has 1 aromatic carbocycles. The first-order valence-electron chi connectivity index (χ1n) is 5.78. The monoisotopic (exact) mass is 373 g/mol. The average molecular weight is 373 g/mol. The molecule has 0 saturated heterocycles. The molecule has 0 fully saturated rings. The fraction of sp³-hybridized carbons (Fsp3) is 0.231. The van der Waals surface area contributed by atoms with Gasteiger partial charge in [0.25, 0.3) is 5.91 Å². The molecule has 2 aromatic rings. The highest BCUT2D eigenvalue weighted by Crippen LogP contribution is 2.13. The molecule has 4 nitrogen and oxygen atoms in total. The Morgan fingerprint density at radius 2 is 2.26 bits per heavy atom. The van der Waals surface area contributed by atoms with Crippen LogP contribution in [0.25, 0.3) is 0 Å². The molecule has 1 amide bonds. The molecule has 19 heavy (non-hydrogen) atoms. The van der Waals surface area contributed by atoms with Crippen LogP contribution in [0, 0.1) is 9.39 Å². The Hall–Kier alpha value is -1.44. The normalized spacial score (nSPS) is 10.5. The highest BCUT2D eigenvalue weighted by Gasteiger charge is 2.10. The zero-order valence-corrected chi connectivity index (χ0v) is 12.5. The van der Waals surface area contributed by atoms with Crippen molar-refractivity contribution < 1.29 is 9.18 Å². The summed E-state index contributed by atoms with van der Waals surface area (Å²) in [6.45, 7) is 0.503. The maximum absolute atomic E-state index is 12.9. The molecule has 1 aromatic heterocycles. The fourth-order valence-corrected chi connectivity index (χ4v) is 2.39. The number of aryl methyl sites for hydroxylation is 1. The van der Waals surface area contributed by atoms with E-state index in [4.69, 9.17) is 0 Å². The van der Waals surface area contributed by atoms with Crippen LogP contribution in [0.15, 0.2) is 30.5 Å². The van der Waals surface area contributed by atoms with Gasteiger partial charge < -0.3 is 5.32 Å². The van der Waals surface area contributed by atoms with E-state index < -0.39 is 0 Å². The van der Waals surface area contributed by atoms with E-state index in [2.05, 4.69) is 10.4 Å². The van der Waals surface area contributed by atoms with Crippen molar-refractivity contribution in [2.75, 3.05) is 6.54 Å². The van der Waals surface area contributed by atoms with Gasteiger partial charge in [0.15, 0.2) is 0 Å². The second kappa shape index (κ2) is 6.14. The number of nitrogens with one attached hydrogen (secondary N) is 1. The van der Waals surface area contributed by atoms with Crippen LogP contribution in [0.5, 0.6) is 0 Å². The SMILES string of the molecule is Cn1ccc(CCNC(=O)c2ccc(F)cc2I)n1. The van der Waals surface area contributed by atoms with E-state index in [1.807, 2.05) is 41.9 Å². The third-order valence-corrected chi connectivity index (χ3v) is 3.50. The number of aromatic nitrogens is 2. The average Bonchev–Trinajstić information content (AvgIpc) is 2.75. The number of carbonyl (C=O) groups is 1. The summed E-state index contributed by atoms with van der Waals surface area (Å²) in [5.41, 5.74) is 1.42. The number of amides is 1. The van der Waals surface area contributed by atoms with E-state index >= 15 is 0 Å². The summed E-state index contributed by atoms with van der Waals surface area (Å²) in [6.07, 6.45) is 2.53. The molecule has 2 rings (SSSR count). The summed E-state index contributed by atoms with van der Waals surface area (Å²) < 4.78 is 15.3. The lowest BCUT2D eigenvalue weighted by Gasteiger charge is -2.06. The zero-order valence-electron chi connectivity index (χ0n) is 10.4. The van der Waals surface area contributed by atoms with Crippen LogP contribution >= 0.6 is 22.6 Å². The quantitative estimate of drug-likeness (QED) is 0.835. The highest BCUT2D eigenvalue weighted by atomic mass is 127. The second-order valence-corrected chi connectivity index (χ2v) is 5.27. The molecular formula is C13H13FIN3O. The zero-order chi connectivity index (χ0) is 13.8.